The van der Waals surface area contributed by atoms with Gasteiger partial charge < -0.3 is 5.32 Å². The average Bonchev–Trinajstić information content (AvgIpc) is 2.73. The van der Waals surface area contributed by atoms with Crippen molar-refractivity contribution in [3.8, 4) is 0 Å². The highest BCUT2D eigenvalue weighted by Gasteiger charge is 2.26. The van der Waals surface area contributed by atoms with Crippen LogP contribution in [0.1, 0.15) is 6.42 Å². The fourth-order valence-corrected chi connectivity index (χ4v) is 3.09. The summed E-state index contributed by atoms with van der Waals surface area (Å²) in [6.45, 7) is 1.20. The number of nitrogens with one attached hydrogen (secondary N) is 2. The van der Waals surface area contributed by atoms with Crippen LogP contribution in [0.4, 0.5) is 8.78 Å². The third-order valence-electron chi connectivity index (χ3n) is 2.59. The first kappa shape index (κ1) is 12.4. The van der Waals surface area contributed by atoms with Crippen LogP contribution in [0, 0.1) is 11.6 Å². The topological polar surface area (TPSA) is 58.2 Å². The molecule has 1 aromatic carbocycles. The zero-order chi connectivity index (χ0) is 12.5. The Morgan fingerprint density at radius 3 is 2.76 bits per heavy atom. The van der Waals surface area contributed by atoms with Crippen LogP contribution in [0.2, 0.25) is 0 Å². The summed E-state index contributed by atoms with van der Waals surface area (Å²) < 4.78 is 52.3. The van der Waals surface area contributed by atoms with Crippen LogP contribution >= 0.6 is 0 Å². The first-order valence-corrected chi connectivity index (χ1v) is 6.66. The predicted octanol–water partition coefficient (Wildman–Crippen LogP) is 0.605. The lowest BCUT2D eigenvalue weighted by Gasteiger charge is -2.12. The summed E-state index contributed by atoms with van der Waals surface area (Å²) in [4.78, 5) is -0.649. The molecule has 0 saturated carbocycles. The molecule has 4 nitrogen and oxygen atoms in total. The molecule has 7 heteroatoms. The summed E-state index contributed by atoms with van der Waals surface area (Å²) in [5.74, 6) is -2.51. The quantitative estimate of drug-likeness (QED) is 0.839. The van der Waals surface area contributed by atoms with Gasteiger partial charge in [0.2, 0.25) is 10.0 Å². The third kappa shape index (κ3) is 2.62. The van der Waals surface area contributed by atoms with Crippen LogP contribution < -0.4 is 10.0 Å². The van der Waals surface area contributed by atoms with E-state index in [1.807, 2.05) is 0 Å². The first-order chi connectivity index (χ1) is 8.00. The van der Waals surface area contributed by atoms with Crippen molar-refractivity contribution in [2.45, 2.75) is 17.4 Å². The van der Waals surface area contributed by atoms with Crippen molar-refractivity contribution in [1.82, 2.24) is 10.0 Å². The van der Waals surface area contributed by atoms with Crippen molar-refractivity contribution in [2.75, 3.05) is 13.1 Å². The summed E-state index contributed by atoms with van der Waals surface area (Å²) in [5, 5.41) is 2.98. The van der Waals surface area contributed by atoms with Crippen LogP contribution in [0.3, 0.4) is 0 Å². The number of hydrogen-bond acceptors (Lipinski definition) is 3. The Hall–Kier alpha value is -1.05. The number of hydrogen-bond donors (Lipinski definition) is 2. The molecule has 0 bridgehead atoms. The summed E-state index contributed by atoms with van der Waals surface area (Å²) in [5.41, 5.74) is 0. The summed E-state index contributed by atoms with van der Waals surface area (Å²) in [7, 11) is -4.00. The molecule has 1 atom stereocenters. The second-order valence-electron chi connectivity index (χ2n) is 3.86. The van der Waals surface area contributed by atoms with E-state index in [1.54, 1.807) is 0 Å². The molecule has 1 aliphatic heterocycles. The van der Waals surface area contributed by atoms with Gasteiger partial charge in [-0.3, -0.25) is 0 Å². The molecule has 1 aliphatic rings. The van der Waals surface area contributed by atoms with Gasteiger partial charge in [-0.25, -0.2) is 21.9 Å². The molecule has 0 aliphatic carbocycles. The molecule has 1 unspecified atom stereocenters. The summed E-state index contributed by atoms with van der Waals surface area (Å²) in [6, 6.07) is 2.82. The van der Waals surface area contributed by atoms with E-state index in [2.05, 4.69) is 10.0 Å². The van der Waals surface area contributed by atoms with E-state index in [9.17, 15) is 17.2 Å². The molecule has 94 valence electrons. The molecule has 1 aromatic rings. The standard InChI is InChI=1S/C10H12F2N2O2S/c11-8-2-1-3-9(10(8)12)17(15,16)14-7-4-5-13-6-7/h1-3,7,13-14H,4-6H2. The maximum absolute atomic E-state index is 13.4. The van der Waals surface area contributed by atoms with Crippen LogP contribution in [-0.4, -0.2) is 27.5 Å². The van der Waals surface area contributed by atoms with Crippen LogP contribution in [0.5, 0.6) is 0 Å². The molecule has 1 heterocycles. The molecule has 0 spiro atoms. The lowest BCUT2D eigenvalue weighted by atomic mass is 10.3. The van der Waals surface area contributed by atoms with Gasteiger partial charge in [0.25, 0.3) is 0 Å². The van der Waals surface area contributed by atoms with Gasteiger partial charge in [-0.1, -0.05) is 6.07 Å². The van der Waals surface area contributed by atoms with E-state index in [4.69, 9.17) is 0 Å². The Bertz CT molecular complexity index is 513. The highest BCUT2D eigenvalue weighted by atomic mass is 32.2. The normalized spacial score (nSPS) is 20.7. The Morgan fingerprint density at radius 2 is 2.12 bits per heavy atom. The number of benzene rings is 1. The molecule has 1 fully saturated rings. The number of sulfonamides is 1. The molecule has 0 amide bonds. The smallest absolute Gasteiger partial charge is 0.243 e. The van der Waals surface area contributed by atoms with Crippen molar-refractivity contribution >= 4 is 10.0 Å². The molecular formula is C10H12F2N2O2S. The molecule has 2 rings (SSSR count). The minimum atomic E-state index is -4.00. The Labute approximate surface area is 98.1 Å². The highest BCUT2D eigenvalue weighted by Crippen LogP contribution is 2.17. The second-order valence-corrected chi connectivity index (χ2v) is 5.55. The van der Waals surface area contributed by atoms with Crippen molar-refractivity contribution in [3.63, 3.8) is 0 Å². The van der Waals surface area contributed by atoms with Gasteiger partial charge >= 0.3 is 0 Å². The fourth-order valence-electron chi connectivity index (χ4n) is 1.73. The van der Waals surface area contributed by atoms with Gasteiger partial charge in [-0.15, -0.1) is 0 Å². The third-order valence-corrected chi connectivity index (χ3v) is 4.13. The number of rotatable bonds is 3. The minimum absolute atomic E-state index is 0.275. The largest absolute Gasteiger partial charge is 0.315 e. The van der Waals surface area contributed by atoms with Gasteiger partial charge in [-0.2, -0.15) is 0 Å². The summed E-state index contributed by atoms with van der Waals surface area (Å²) in [6.07, 6.45) is 0.635. The highest BCUT2D eigenvalue weighted by molar-refractivity contribution is 7.89. The fraction of sp³-hybridized carbons (Fsp3) is 0.400. The van der Waals surface area contributed by atoms with Crippen molar-refractivity contribution in [2.24, 2.45) is 0 Å². The van der Waals surface area contributed by atoms with Crippen molar-refractivity contribution in [3.05, 3.63) is 29.8 Å². The molecule has 2 N–H and O–H groups in total. The van der Waals surface area contributed by atoms with Gasteiger partial charge in [-0.05, 0) is 25.1 Å². The zero-order valence-electron chi connectivity index (χ0n) is 8.91. The maximum Gasteiger partial charge on any atom is 0.243 e. The Kier molecular flexibility index (Phi) is 3.41. The minimum Gasteiger partial charge on any atom is -0.315 e. The van der Waals surface area contributed by atoms with Gasteiger partial charge in [0.05, 0.1) is 0 Å². The van der Waals surface area contributed by atoms with E-state index >= 15 is 0 Å². The van der Waals surface area contributed by atoms with E-state index in [-0.39, 0.29) is 6.04 Å². The predicted molar refractivity (Wildman–Crippen MR) is 58.0 cm³/mol. The Balaban J connectivity index is 2.28. The van der Waals surface area contributed by atoms with Crippen LogP contribution in [0.15, 0.2) is 23.1 Å². The van der Waals surface area contributed by atoms with Gasteiger partial charge in [0.1, 0.15) is 4.90 Å². The average molecular weight is 262 g/mol. The van der Waals surface area contributed by atoms with E-state index in [0.29, 0.717) is 19.5 Å². The second kappa shape index (κ2) is 4.67. The zero-order valence-corrected chi connectivity index (χ0v) is 9.73. The SMILES string of the molecule is O=S(=O)(NC1CCNC1)c1cccc(F)c1F. The number of halogens is 2. The monoisotopic (exact) mass is 262 g/mol. The van der Waals surface area contributed by atoms with Crippen LogP contribution in [-0.2, 0) is 10.0 Å². The Morgan fingerprint density at radius 1 is 1.35 bits per heavy atom. The lowest BCUT2D eigenvalue weighted by Crippen LogP contribution is -2.36. The van der Waals surface area contributed by atoms with Crippen molar-refractivity contribution < 1.29 is 17.2 Å². The molecule has 17 heavy (non-hydrogen) atoms. The van der Waals surface area contributed by atoms with Crippen LogP contribution in [0.25, 0.3) is 0 Å². The lowest BCUT2D eigenvalue weighted by molar-refractivity contribution is 0.481. The summed E-state index contributed by atoms with van der Waals surface area (Å²) >= 11 is 0. The molecule has 1 saturated heterocycles. The molecule has 0 aromatic heterocycles. The van der Waals surface area contributed by atoms with Crippen molar-refractivity contribution in [1.29, 1.82) is 0 Å². The maximum atomic E-state index is 13.4. The van der Waals surface area contributed by atoms with Gasteiger partial charge in [0, 0.05) is 12.6 Å². The van der Waals surface area contributed by atoms with E-state index in [1.165, 1.54) is 6.07 Å². The molecule has 0 radical (unpaired) electrons. The van der Waals surface area contributed by atoms with E-state index < -0.39 is 26.6 Å². The van der Waals surface area contributed by atoms with E-state index in [0.717, 1.165) is 12.1 Å². The first-order valence-electron chi connectivity index (χ1n) is 5.18. The molecular weight excluding hydrogens is 250 g/mol. The van der Waals surface area contributed by atoms with Gasteiger partial charge in [0.15, 0.2) is 11.6 Å².